The van der Waals surface area contributed by atoms with E-state index >= 15 is 0 Å². The maximum Gasteiger partial charge on any atom is 0.308 e. The highest BCUT2D eigenvalue weighted by Gasteiger charge is 2.34. The number of amides is 2. The van der Waals surface area contributed by atoms with E-state index in [1.165, 1.54) is 0 Å². The Morgan fingerprint density at radius 2 is 2.12 bits per heavy atom. The molecule has 2 rings (SSSR count). The van der Waals surface area contributed by atoms with Crippen molar-refractivity contribution < 1.29 is 23.9 Å². The fourth-order valence-corrected chi connectivity index (χ4v) is 3.68. The summed E-state index contributed by atoms with van der Waals surface area (Å²) >= 11 is 8.81. The van der Waals surface area contributed by atoms with Gasteiger partial charge in [0.2, 0.25) is 5.91 Å². The van der Waals surface area contributed by atoms with E-state index in [0.29, 0.717) is 43.5 Å². The molecule has 8 nitrogen and oxygen atoms in total. The van der Waals surface area contributed by atoms with Crippen molar-refractivity contribution in [2.24, 2.45) is 5.92 Å². The molecule has 1 aliphatic rings. The number of hydrogen-bond acceptors (Lipinski definition) is 6. The summed E-state index contributed by atoms with van der Waals surface area (Å²) in [6, 6.07) is 4.32. The lowest BCUT2D eigenvalue weighted by atomic mass is 10.1. The highest BCUT2D eigenvalue weighted by molar-refractivity contribution is 9.10. The highest BCUT2D eigenvalue weighted by Crippen LogP contribution is 2.24. The van der Waals surface area contributed by atoms with E-state index in [1.54, 1.807) is 23.1 Å². The second kappa shape index (κ2) is 12.7. The molecule has 0 bridgehead atoms. The highest BCUT2D eigenvalue weighted by atomic mass is 79.9. The molecule has 1 aromatic rings. The Kier molecular flexibility index (Phi) is 10.4. The van der Waals surface area contributed by atoms with Crippen LogP contribution in [0.1, 0.15) is 50.4 Å². The van der Waals surface area contributed by atoms with Crippen LogP contribution in [0, 0.1) is 5.92 Å². The molecule has 0 aliphatic carbocycles. The quantitative estimate of drug-likeness (QED) is 0.289. The predicted octanol–water partition coefficient (Wildman–Crippen LogP) is 3.03. The van der Waals surface area contributed by atoms with Crippen molar-refractivity contribution in [3.05, 3.63) is 28.2 Å². The summed E-state index contributed by atoms with van der Waals surface area (Å²) in [5.41, 5.74) is 0.319. The van der Waals surface area contributed by atoms with Gasteiger partial charge >= 0.3 is 5.97 Å². The van der Waals surface area contributed by atoms with E-state index in [2.05, 4.69) is 26.6 Å². The SMILES string of the molecule is CCCCOC(=O)CC1C(=O)NCCN1C(=S)NC(=O)c1cc(Br)ccc1OCC(C)C. The van der Waals surface area contributed by atoms with Gasteiger partial charge in [0.1, 0.15) is 11.8 Å². The summed E-state index contributed by atoms with van der Waals surface area (Å²) in [5.74, 6) is -0.528. The molecule has 0 aromatic heterocycles. The number of carbonyl (C=O) groups is 3. The molecule has 10 heteroatoms. The lowest BCUT2D eigenvalue weighted by Crippen LogP contribution is -2.60. The number of unbranched alkanes of at least 4 members (excludes halogenated alkanes) is 1. The molecule has 0 spiro atoms. The van der Waals surface area contributed by atoms with Gasteiger partial charge in [0.15, 0.2) is 5.11 Å². The van der Waals surface area contributed by atoms with Crippen molar-refractivity contribution in [1.29, 1.82) is 0 Å². The van der Waals surface area contributed by atoms with Crippen LogP contribution in [0.2, 0.25) is 0 Å². The number of ether oxygens (including phenoxy) is 2. The fraction of sp³-hybridized carbons (Fsp3) is 0.545. The normalized spacial score (nSPS) is 15.8. The van der Waals surface area contributed by atoms with E-state index in [0.717, 1.165) is 17.3 Å². The number of nitrogens with zero attached hydrogens (tertiary/aromatic N) is 1. The molecule has 0 radical (unpaired) electrons. The van der Waals surface area contributed by atoms with Crippen molar-refractivity contribution in [3.63, 3.8) is 0 Å². The van der Waals surface area contributed by atoms with Crippen molar-refractivity contribution in [3.8, 4) is 5.75 Å². The molecule has 2 amide bonds. The van der Waals surface area contributed by atoms with Gasteiger partial charge in [0, 0.05) is 17.6 Å². The van der Waals surface area contributed by atoms with E-state index < -0.39 is 17.9 Å². The maximum absolute atomic E-state index is 13.0. The molecule has 1 saturated heterocycles. The van der Waals surface area contributed by atoms with Gasteiger partial charge in [-0.15, -0.1) is 0 Å². The third kappa shape index (κ3) is 7.74. The Bertz CT molecular complexity index is 849. The smallest absolute Gasteiger partial charge is 0.308 e. The Hall–Kier alpha value is -2.20. The second-order valence-electron chi connectivity index (χ2n) is 7.88. The molecule has 2 N–H and O–H groups in total. The van der Waals surface area contributed by atoms with Gasteiger partial charge in [0.05, 0.1) is 25.2 Å². The van der Waals surface area contributed by atoms with Crippen LogP contribution < -0.4 is 15.4 Å². The average Bonchev–Trinajstić information content (AvgIpc) is 2.74. The lowest BCUT2D eigenvalue weighted by molar-refractivity contribution is -0.147. The summed E-state index contributed by atoms with van der Waals surface area (Å²) in [5, 5.41) is 5.49. The van der Waals surface area contributed by atoms with Crippen molar-refractivity contribution >= 4 is 51.0 Å². The third-order valence-corrected chi connectivity index (χ3v) is 5.52. The number of thiocarbonyl (C=S) groups is 1. The largest absolute Gasteiger partial charge is 0.492 e. The van der Waals surface area contributed by atoms with Crippen LogP contribution in [0.25, 0.3) is 0 Å². The summed E-state index contributed by atoms with van der Waals surface area (Å²) in [7, 11) is 0. The van der Waals surface area contributed by atoms with Crippen molar-refractivity contribution in [2.75, 3.05) is 26.3 Å². The summed E-state index contributed by atoms with van der Waals surface area (Å²) in [6.07, 6.45) is 1.51. The maximum atomic E-state index is 13.0. The minimum Gasteiger partial charge on any atom is -0.492 e. The summed E-state index contributed by atoms with van der Waals surface area (Å²) < 4.78 is 11.7. The molecule has 1 fully saturated rings. The standard InChI is InChI=1S/C22H30BrN3O5S/c1-4-5-10-30-19(27)12-17-21(29)24-8-9-26(17)22(32)25-20(28)16-11-15(23)6-7-18(16)31-13-14(2)3/h6-7,11,14,17H,4-5,8-10,12-13H2,1-3H3,(H,24,29)(H,25,28,32). The van der Waals surface area contributed by atoms with Crippen LogP contribution in [-0.2, 0) is 14.3 Å². The van der Waals surface area contributed by atoms with Crippen LogP contribution in [0.15, 0.2) is 22.7 Å². The number of esters is 1. The first kappa shape index (κ1) is 26.1. The zero-order valence-corrected chi connectivity index (χ0v) is 21.0. The zero-order valence-electron chi connectivity index (χ0n) is 18.6. The van der Waals surface area contributed by atoms with Gasteiger partial charge in [-0.25, -0.2) is 0 Å². The Labute approximate surface area is 202 Å². The molecule has 1 atom stereocenters. The predicted molar refractivity (Wildman–Crippen MR) is 129 cm³/mol. The number of hydrogen-bond donors (Lipinski definition) is 2. The van der Waals surface area contributed by atoms with Gasteiger partial charge in [-0.3, -0.25) is 19.7 Å². The Balaban J connectivity index is 2.10. The van der Waals surface area contributed by atoms with Crippen molar-refractivity contribution in [2.45, 2.75) is 46.1 Å². The van der Waals surface area contributed by atoms with Crippen LogP contribution >= 0.6 is 28.1 Å². The number of nitrogens with one attached hydrogen (secondary N) is 2. The Morgan fingerprint density at radius 1 is 1.38 bits per heavy atom. The van der Waals surface area contributed by atoms with Gasteiger partial charge in [-0.05, 0) is 42.8 Å². The van der Waals surface area contributed by atoms with E-state index in [-0.39, 0.29) is 17.4 Å². The minimum absolute atomic E-state index is 0.0750. The van der Waals surface area contributed by atoms with Crippen LogP contribution in [0.5, 0.6) is 5.75 Å². The molecule has 0 saturated carbocycles. The molecule has 32 heavy (non-hydrogen) atoms. The molecular formula is C22H30BrN3O5S. The Morgan fingerprint density at radius 3 is 2.81 bits per heavy atom. The lowest BCUT2D eigenvalue weighted by Gasteiger charge is -2.36. The first-order valence-electron chi connectivity index (χ1n) is 10.7. The topological polar surface area (TPSA) is 97.0 Å². The first-order chi connectivity index (χ1) is 15.2. The fourth-order valence-electron chi connectivity index (χ4n) is 3.01. The van der Waals surface area contributed by atoms with Gasteiger partial charge < -0.3 is 19.7 Å². The zero-order chi connectivity index (χ0) is 23.7. The summed E-state index contributed by atoms with van der Waals surface area (Å²) in [4.78, 5) is 39.1. The minimum atomic E-state index is -0.843. The second-order valence-corrected chi connectivity index (χ2v) is 9.19. The van der Waals surface area contributed by atoms with E-state index in [4.69, 9.17) is 21.7 Å². The molecular weight excluding hydrogens is 498 g/mol. The third-order valence-electron chi connectivity index (χ3n) is 4.69. The van der Waals surface area contributed by atoms with Crippen molar-refractivity contribution in [1.82, 2.24) is 15.5 Å². The number of halogens is 1. The molecule has 1 aromatic carbocycles. The van der Waals surface area contributed by atoms with Gasteiger partial charge in [-0.2, -0.15) is 0 Å². The van der Waals surface area contributed by atoms with E-state index in [9.17, 15) is 14.4 Å². The number of carbonyl (C=O) groups excluding carboxylic acids is 3. The van der Waals surface area contributed by atoms with Gasteiger partial charge in [-0.1, -0.05) is 43.1 Å². The van der Waals surface area contributed by atoms with Crippen LogP contribution in [0.3, 0.4) is 0 Å². The molecule has 1 unspecified atom stereocenters. The van der Waals surface area contributed by atoms with Crippen LogP contribution in [-0.4, -0.2) is 60.1 Å². The average molecular weight is 528 g/mol. The monoisotopic (exact) mass is 527 g/mol. The molecule has 1 aliphatic heterocycles. The summed E-state index contributed by atoms with van der Waals surface area (Å²) in [6.45, 7) is 7.53. The molecule has 176 valence electrons. The molecule has 1 heterocycles. The van der Waals surface area contributed by atoms with Crippen LogP contribution in [0.4, 0.5) is 0 Å². The van der Waals surface area contributed by atoms with Gasteiger partial charge in [0.25, 0.3) is 5.91 Å². The van der Waals surface area contributed by atoms with E-state index in [1.807, 2.05) is 20.8 Å². The number of rotatable bonds is 9. The first-order valence-corrected chi connectivity index (χ1v) is 11.9. The number of piperazine rings is 1. The number of benzene rings is 1.